The monoisotopic (exact) mass is 448 g/mol. The summed E-state index contributed by atoms with van der Waals surface area (Å²) in [6.07, 6.45) is 9.63. The van der Waals surface area contributed by atoms with E-state index in [1.165, 1.54) is 0 Å². The highest BCUT2D eigenvalue weighted by atomic mass is 16.5. The molecule has 33 heavy (non-hydrogen) atoms. The zero-order chi connectivity index (χ0) is 22.5. The van der Waals surface area contributed by atoms with Crippen LogP contribution in [0, 0.1) is 0 Å². The van der Waals surface area contributed by atoms with Crippen LogP contribution in [0.1, 0.15) is 5.56 Å². The first kappa shape index (κ1) is 20.9. The molecule has 0 N–H and O–H groups in total. The molecule has 1 saturated heterocycles. The summed E-state index contributed by atoms with van der Waals surface area (Å²) >= 11 is 0. The highest BCUT2D eigenvalue weighted by Crippen LogP contribution is 2.23. The summed E-state index contributed by atoms with van der Waals surface area (Å²) in [5, 5.41) is 8.70. The number of nitrogens with zero attached hydrogens (tertiary/aromatic N) is 8. The van der Waals surface area contributed by atoms with Crippen molar-refractivity contribution >= 4 is 5.82 Å². The molecule has 1 aliphatic heterocycles. The van der Waals surface area contributed by atoms with Gasteiger partial charge in [0.15, 0.2) is 5.82 Å². The Balaban J connectivity index is 1.36. The first-order chi connectivity index (χ1) is 16.2. The molecule has 170 valence electrons. The molecule has 0 atom stereocenters. The van der Waals surface area contributed by atoms with Gasteiger partial charge in [0.05, 0.1) is 26.0 Å². The van der Waals surface area contributed by atoms with E-state index in [0.717, 1.165) is 24.5 Å². The van der Waals surface area contributed by atoms with Gasteiger partial charge in [-0.15, -0.1) is 5.10 Å². The van der Waals surface area contributed by atoms with Crippen LogP contribution >= 0.6 is 0 Å². The maximum absolute atomic E-state index is 5.92. The Hall–Kier alpha value is -3.99. The average molecular weight is 448 g/mol. The fraction of sp³-hybridized carbons (Fsp3) is 0.318. The lowest BCUT2D eigenvalue weighted by atomic mass is 10.3. The number of hydrogen-bond acceptors (Lipinski definition) is 9. The summed E-state index contributed by atoms with van der Waals surface area (Å²) in [6.45, 7) is 3.25. The maximum Gasteiger partial charge on any atom is 0.320 e. The van der Waals surface area contributed by atoms with Crippen LogP contribution in [0.4, 0.5) is 5.82 Å². The van der Waals surface area contributed by atoms with Gasteiger partial charge < -0.3 is 19.1 Å². The molecule has 4 aromatic rings. The third-order valence-corrected chi connectivity index (χ3v) is 5.07. The van der Waals surface area contributed by atoms with Gasteiger partial charge in [0.25, 0.3) is 0 Å². The first-order valence-electron chi connectivity index (χ1n) is 10.7. The molecule has 0 unspecified atom stereocenters. The van der Waals surface area contributed by atoms with Crippen molar-refractivity contribution in [3.8, 4) is 23.5 Å². The standard InChI is InChI=1S/C22H24N8O3/c1-28-16-17(15-24-28)5-11-32-22-25-19(29-9-12-31-13-10-29)14-20(26-22)30-8-4-21(27-30)33-18-2-6-23-7-3-18/h2-4,6-8,14-16H,5,9-13H2,1H3. The molecular weight excluding hydrogens is 424 g/mol. The second-order valence-corrected chi connectivity index (χ2v) is 7.47. The predicted molar refractivity (Wildman–Crippen MR) is 119 cm³/mol. The minimum Gasteiger partial charge on any atom is -0.463 e. The molecule has 0 aromatic carbocycles. The number of morpholine rings is 1. The fourth-order valence-corrected chi connectivity index (χ4v) is 3.41. The van der Waals surface area contributed by atoms with Gasteiger partial charge in [-0.05, 0) is 17.7 Å². The smallest absolute Gasteiger partial charge is 0.320 e. The molecule has 5 rings (SSSR count). The predicted octanol–water partition coefficient (Wildman–Crippen LogP) is 2.04. The Labute approximate surface area is 190 Å². The molecule has 1 fully saturated rings. The van der Waals surface area contributed by atoms with Gasteiger partial charge >= 0.3 is 6.01 Å². The van der Waals surface area contributed by atoms with Gasteiger partial charge in [0, 0.05) is 63.5 Å². The number of hydrogen-bond donors (Lipinski definition) is 0. The van der Waals surface area contributed by atoms with Crippen molar-refractivity contribution in [3.05, 3.63) is 60.8 Å². The molecule has 0 spiro atoms. The molecule has 4 aromatic heterocycles. The molecule has 1 aliphatic rings. The number of rotatable bonds is 8. The second-order valence-electron chi connectivity index (χ2n) is 7.47. The van der Waals surface area contributed by atoms with E-state index in [1.807, 2.05) is 25.5 Å². The Morgan fingerprint density at radius 2 is 1.88 bits per heavy atom. The van der Waals surface area contributed by atoms with E-state index < -0.39 is 0 Å². The van der Waals surface area contributed by atoms with E-state index in [1.54, 1.807) is 46.2 Å². The van der Waals surface area contributed by atoms with Crippen LogP contribution in [0.5, 0.6) is 17.6 Å². The van der Waals surface area contributed by atoms with E-state index in [4.69, 9.17) is 14.2 Å². The molecular formula is C22H24N8O3. The maximum atomic E-state index is 5.92. The molecule has 5 heterocycles. The van der Waals surface area contributed by atoms with Crippen LogP contribution in [0.2, 0.25) is 0 Å². The SMILES string of the molecule is Cn1cc(CCOc2nc(N3CCOCC3)cc(-n3ccc(Oc4ccncc4)n3)n2)cn1. The topological polar surface area (TPSA) is 105 Å². The highest BCUT2D eigenvalue weighted by molar-refractivity contribution is 5.45. The Bertz CT molecular complexity index is 1190. The minimum absolute atomic E-state index is 0.296. The summed E-state index contributed by atoms with van der Waals surface area (Å²) in [5.74, 6) is 2.47. The molecule has 0 amide bonds. The number of aryl methyl sites for hydroxylation is 1. The van der Waals surface area contributed by atoms with E-state index in [0.29, 0.717) is 49.7 Å². The summed E-state index contributed by atoms with van der Waals surface area (Å²) in [7, 11) is 1.89. The molecule has 0 aliphatic carbocycles. The Morgan fingerprint density at radius 1 is 1.06 bits per heavy atom. The largest absolute Gasteiger partial charge is 0.463 e. The lowest BCUT2D eigenvalue weighted by Crippen LogP contribution is -2.37. The van der Waals surface area contributed by atoms with Crippen LogP contribution in [0.15, 0.2) is 55.2 Å². The van der Waals surface area contributed by atoms with Crippen molar-refractivity contribution in [3.63, 3.8) is 0 Å². The van der Waals surface area contributed by atoms with E-state index in [2.05, 4.69) is 30.0 Å². The number of pyridine rings is 1. The third-order valence-electron chi connectivity index (χ3n) is 5.07. The summed E-state index contributed by atoms with van der Waals surface area (Å²) in [5.41, 5.74) is 1.09. The van der Waals surface area contributed by atoms with Crippen molar-refractivity contribution in [1.29, 1.82) is 0 Å². The average Bonchev–Trinajstić information content (AvgIpc) is 3.49. The zero-order valence-corrected chi connectivity index (χ0v) is 18.2. The fourth-order valence-electron chi connectivity index (χ4n) is 3.41. The molecule has 0 radical (unpaired) electrons. The number of aromatic nitrogens is 7. The van der Waals surface area contributed by atoms with Crippen LogP contribution < -0.4 is 14.4 Å². The molecule has 11 nitrogen and oxygen atoms in total. The van der Waals surface area contributed by atoms with Crippen LogP contribution in [0.25, 0.3) is 5.82 Å². The summed E-state index contributed by atoms with van der Waals surface area (Å²) in [4.78, 5) is 15.4. The molecule has 11 heteroatoms. The lowest BCUT2D eigenvalue weighted by Gasteiger charge is -2.28. The molecule has 0 saturated carbocycles. The van der Waals surface area contributed by atoms with Gasteiger partial charge in [-0.1, -0.05) is 0 Å². The van der Waals surface area contributed by atoms with Crippen molar-refractivity contribution in [2.45, 2.75) is 6.42 Å². The normalized spacial score (nSPS) is 13.8. The van der Waals surface area contributed by atoms with E-state index in [9.17, 15) is 0 Å². The number of anilines is 1. The number of ether oxygens (including phenoxy) is 3. The first-order valence-corrected chi connectivity index (χ1v) is 10.7. The second kappa shape index (κ2) is 9.65. The third kappa shape index (κ3) is 5.26. The van der Waals surface area contributed by atoms with Crippen LogP contribution in [-0.4, -0.2) is 67.4 Å². The van der Waals surface area contributed by atoms with Crippen molar-refractivity contribution in [2.24, 2.45) is 7.05 Å². The van der Waals surface area contributed by atoms with Gasteiger partial charge in [-0.3, -0.25) is 9.67 Å². The van der Waals surface area contributed by atoms with Crippen LogP contribution in [0.3, 0.4) is 0 Å². The van der Waals surface area contributed by atoms with Crippen LogP contribution in [-0.2, 0) is 18.2 Å². The van der Waals surface area contributed by atoms with Gasteiger partial charge in [0.2, 0.25) is 5.88 Å². The Morgan fingerprint density at radius 3 is 2.67 bits per heavy atom. The van der Waals surface area contributed by atoms with E-state index in [-0.39, 0.29) is 0 Å². The van der Waals surface area contributed by atoms with Gasteiger partial charge in [-0.2, -0.15) is 15.1 Å². The highest BCUT2D eigenvalue weighted by Gasteiger charge is 2.17. The summed E-state index contributed by atoms with van der Waals surface area (Å²) < 4.78 is 20.6. The zero-order valence-electron chi connectivity index (χ0n) is 18.2. The minimum atomic E-state index is 0.296. The van der Waals surface area contributed by atoms with Crippen molar-refractivity contribution in [2.75, 3.05) is 37.8 Å². The van der Waals surface area contributed by atoms with Gasteiger partial charge in [0.1, 0.15) is 11.6 Å². The Kier molecular flexibility index (Phi) is 6.11. The van der Waals surface area contributed by atoms with Crippen molar-refractivity contribution in [1.82, 2.24) is 34.5 Å². The van der Waals surface area contributed by atoms with Crippen molar-refractivity contribution < 1.29 is 14.2 Å². The molecule has 0 bridgehead atoms. The van der Waals surface area contributed by atoms with Gasteiger partial charge in [-0.25, -0.2) is 4.68 Å². The quantitative estimate of drug-likeness (QED) is 0.400. The summed E-state index contributed by atoms with van der Waals surface area (Å²) in [6, 6.07) is 7.51. The van der Waals surface area contributed by atoms with E-state index >= 15 is 0 Å². The lowest BCUT2D eigenvalue weighted by molar-refractivity contribution is 0.122.